The van der Waals surface area contributed by atoms with Crippen LogP contribution >= 0.6 is 11.6 Å². The molecule has 0 aromatic heterocycles. The van der Waals surface area contributed by atoms with Gasteiger partial charge in [0.2, 0.25) is 11.8 Å². The molecule has 2 aliphatic rings. The first-order chi connectivity index (χ1) is 12.1. The largest absolute Gasteiger partial charge is 0.381 e. The summed E-state index contributed by atoms with van der Waals surface area (Å²) in [7, 11) is 1.73. The van der Waals surface area contributed by atoms with E-state index in [0.717, 1.165) is 31.5 Å². The van der Waals surface area contributed by atoms with Gasteiger partial charge in [-0.1, -0.05) is 23.7 Å². The van der Waals surface area contributed by atoms with Crippen molar-refractivity contribution in [2.45, 2.75) is 38.3 Å². The van der Waals surface area contributed by atoms with Crippen LogP contribution in [0.3, 0.4) is 0 Å². The molecule has 0 spiro atoms. The molecule has 136 valence electrons. The third-order valence-corrected chi connectivity index (χ3v) is 5.48. The second-order valence-electron chi connectivity index (χ2n) is 6.90. The van der Waals surface area contributed by atoms with Crippen LogP contribution in [0.2, 0.25) is 5.02 Å². The summed E-state index contributed by atoms with van der Waals surface area (Å²) >= 11 is 5.91. The number of benzene rings is 1. The van der Waals surface area contributed by atoms with Gasteiger partial charge in [-0.2, -0.15) is 0 Å². The summed E-state index contributed by atoms with van der Waals surface area (Å²) < 4.78 is 5.37. The zero-order valence-corrected chi connectivity index (χ0v) is 15.4. The van der Waals surface area contributed by atoms with Crippen molar-refractivity contribution in [2.24, 2.45) is 5.92 Å². The summed E-state index contributed by atoms with van der Waals surface area (Å²) in [6.45, 7) is 2.54. The maximum absolute atomic E-state index is 12.8. The Morgan fingerprint density at radius 2 is 1.88 bits per heavy atom. The molecule has 0 aliphatic carbocycles. The molecular weight excluding hydrogens is 340 g/mol. The van der Waals surface area contributed by atoms with Crippen molar-refractivity contribution in [2.75, 3.05) is 26.7 Å². The van der Waals surface area contributed by atoms with E-state index in [2.05, 4.69) is 0 Å². The number of carbonyl (C=O) groups excluding carboxylic acids is 2. The molecular formula is C19H25ClN2O3. The van der Waals surface area contributed by atoms with Crippen molar-refractivity contribution in [3.05, 3.63) is 34.9 Å². The predicted molar refractivity (Wildman–Crippen MR) is 96.2 cm³/mol. The molecule has 2 saturated heterocycles. The number of amides is 2. The maximum atomic E-state index is 12.8. The molecule has 2 aliphatic heterocycles. The van der Waals surface area contributed by atoms with Crippen LogP contribution in [0, 0.1) is 5.92 Å². The van der Waals surface area contributed by atoms with Gasteiger partial charge in [0.15, 0.2) is 0 Å². The van der Waals surface area contributed by atoms with Crippen molar-refractivity contribution < 1.29 is 14.3 Å². The zero-order chi connectivity index (χ0) is 17.8. The van der Waals surface area contributed by atoms with E-state index in [9.17, 15) is 9.59 Å². The molecule has 3 rings (SSSR count). The van der Waals surface area contributed by atoms with Crippen molar-refractivity contribution >= 4 is 23.4 Å². The van der Waals surface area contributed by atoms with E-state index in [4.69, 9.17) is 16.3 Å². The first kappa shape index (κ1) is 18.2. The number of carbonyl (C=O) groups is 2. The van der Waals surface area contributed by atoms with Gasteiger partial charge in [-0.15, -0.1) is 0 Å². The van der Waals surface area contributed by atoms with Crippen LogP contribution in [0.5, 0.6) is 0 Å². The molecule has 2 amide bonds. The first-order valence-electron chi connectivity index (χ1n) is 8.90. The fourth-order valence-electron chi connectivity index (χ4n) is 3.65. The van der Waals surface area contributed by atoms with Gasteiger partial charge in [-0.3, -0.25) is 9.59 Å². The number of methoxy groups -OCH3 is 1. The Kier molecular flexibility index (Phi) is 5.97. The Labute approximate surface area is 153 Å². The Balaban J connectivity index is 1.59. The third kappa shape index (κ3) is 4.53. The highest BCUT2D eigenvalue weighted by Crippen LogP contribution is 2.24. The van der Waals surface area contributed by atoms with Crippen LogP contribution in [0.25, 0.3) is 0 Å². The van der Waals surface area contributed by atoms with E-state index in [-0.39, 0.29) is 23.8 Å². The molecule has 0 saturated carbocycles. The van der Waals surface area contributed by atoms with Gasteiger partial charge in [0.05, 0.1) is 12.0 Å². The number of likely N-dealkylation sites (tertiary alicyclic amines) is 2. The molecule has 1 aromatic carbocycles. The predicted octanol–water partition coefficient (Wildman–Crippen LogP) is 2.72. The average Bonchev–Trinajstić information content (AvgIpc) is 2.65. The number of nitrogens with zero attached hydrogens (tertiary/aromatic N) is 2. The molecule has 0 radical (unpaired) electrons. The van der Waals surface area contributed by atoms with Gasteiger partial charge in [0, 0.05) is 44.7 Å². The smallest absolute Gasteiger partial charge is 0.227 e. The minimum atomic E-state index is -0.0934. The Morgan fingerprint density at radius 1 is 1.20 bits per heavy atom. The number of ether oxygens (including phenoxy) is 1. The minimum Gasteiger partial charge on any atom is -0.381 e. The van der Waals surface area contributed by atoms with Crippen LogP contribution in [0.4, 0.5) is 0 Å². The van der Waals surface area contributed by atoms with Crippen LogP contribution in [-0.4, -0.2) is 54.5 Å². The topological polar surface area (TPSA) is 49.9 Å². The number of rotatable bonds is 4. The van der Waals surface area contributed by atoms with Crippen molar-refractivity contribution in [1.82, 2.24) is 9.80 Å². The number of hydrogen-bond donors (Lipinski definition) is 0. The summed E-state index contributed by atoms with van der Waals surface area (Å²) in [6.07, 6.45) is 3.14. The number of halogens is 1. The van der Waals surface area contributed by atoms with Crippen LogP contribution in [0.1, 0.15) is 31.2 Å². The molecule has 2 fully saturated rings. The fraction of sp³-hybridized carbons (Fsp3) is 0.579. The minimum absolute atomic E-state index is 0.0934. The summed E-state index contributed by atoms with van der Waals surface area (Å²) in [5.74, 6) is 0.212. The SMILES string of the molecule is COC1CCN(C(=O)[C@H]2CCC(=O)N(Cc3ccc(Cl)cc3)C2)CC1. The lowest BCUT2D eigenvalue weighted by molar-refractivity contribution is -0.145. The highest BCUT2D eigenvalue weighted by molar-refractivity contribution is 6.30. The highest BCUT2D eigenvalue weighted by atomic mass is 35.5. The lowest BCUT2D eigenvalue weighted by Gasteiger charge is -2.37. The van der Waals surface area contributed by atoms with Gasteiger partial charge >= 0.3 is 0 Å². The van der Waals surface area contributed by atoms with E-state index in [1.165, 1.54) is 0 Å². The van der Waals surface area contributed by atoms with E-state index >= 15 is 0 Å². The fourth-order valence-corrected chi connectivity index (χ4v) is 3.78. The molecule has 0 N–H and O–H groups in total. The van der Waals surface area contributed by atoms with Gasteiger partial charge < -0.3 is 14.5 Å². The van der Waals surface area contributed by atoms with E-state index in [1.807, 2.05) is 29.2 Å². The third-order valence-electron chi connectivity index (χ3n) is 5.22. The van der Waals surface area contributed by atoms with Crippen LogP contribution in [-0.2, 0) is 20.9 Å². The molecule has 25 heavy (non-hydrogen) atoms. The lowest BCUT2D eigenvalue weighted by atomic mass is 9.94. The summed E-state index contributed by atoms with van der Waals surface area (Å²) in [6, 6.07) is 7.51. The maximum Gasteiger partial charge on any atom is 0.227 e. The quantitative estimate of drug-likeness (QED) is 0.825. The van der Waals surface area contributed by atoms with E-state index in [1.54, 1.807) is 12.0 Å². The lowest BCUT2D eigenvalue weighted by Crippen LogP contribution is -2.49. The molecule has 0 unspecified atom stereocenters. The highest BCUT2D eigenvalue weighted by Gasteiger charge is 2.34. The molecule has 6 heteroatoms. The van der Waals surface area contributed by atoms with Gasteiger partial charge in [0.1, 0.15) is 0 Å². The molecule has 1 aromatic rings. The Bertz CT molecular complexity index is 612. The first-order valence-corrected chi connectivity index (χ1v) is 9.28. The summed E-state index contributed by atoms with van der Waals surface area (Å²) in [4.78, 5) is 28.8. The number of piperidine rings is 2. The van der Waals surface area contributed by atoms with E-state index in [0.29, 0.717) is 31.0 Å². The van der Waals surface area contributed by atoms with Crippen molar-refractivity contribution in [1.29, 1.82) is 0 Å². The molecule has 5 nitrogen and oxygen atoms in total. The van der Waals surface area contributed by atoms with Crippen molar-refractivity contribution in [3.8, 4) is 0 Å². The molecule has 1 atom stereocenters. The second kappa shape index (κ2) is 8.19. The summed E-state index contributed by atoms with van der Waals surface area (Å²) in [5.41, 5.74) is 1.03. The van der Waals surface area contributed by atoms with Crippen molar-refractivity contribution in [3.63, 3.8) is 0 Å². The summed E-state index contributed by atoms with van der Waals surface area (Å²) in [5, 5.41) is 0.682. The number of hydrogen-bond acceptors (Lipinski definition) is 3. The Morgan fingerprint density at radius 3 is 2.52 bits per heavy atom. The Hall–Kier alpha value is -1.59. The van der Waals surface area contributed by atoms with Crippen LogP contribution in [0.15, 0.2) is 24.3 Å². The second-order valence-corrected chi connectivity index (χ2v) is 7.33. The van der Waals surface area contributed by atoms with Gasteiger partial charge in [-0.05, 0) is 37.0 Å². The zero-order valence-electron chi connectivity index (χ0n) is 14.6. The molecule has 2 heterocycles. The van der Waals surface area contributed by atoms with Gasteiger partial charge in [0.25, 0.3) is 0 Å². The molecule has 0 bridgehead atoms. The van der Waals surface area contributed by atoms with Crippen LogP contribution < -0.4 is 0 Å². The average molecular weight is 365 g/mol. The van der Waals surface area contributed by atoms with E-state index < -0.39 is 0 Å². The normalized spacial score (nSPS) is 22.3. The monoisotopic (exact) mass is 364 g/mol. The standard InChI is InChI=1S/C19H25ClN2O3/c1-25-17-8-10-21(11-9-17)19(24)15-4-7-18(23)22(13-15)12-14-2-5-16(20)6-3-14/h2-3,5-6,15,17H,4,7-13H2,1H3/t15-/m0/s1. The van der Waals surface area contributed by atoms with Gasteiger partial charge in [-0.25, -0.2) is 0 Å².